The van der Waals surface area contributed by atoms with Crippen molar-refractivity contribution < 1.29 is 9.13 Å². The largest absolute Gasteiger partial charge is 0.488 e. The number of ether oxygens (including phenoxy) is 1. The number of unbranched alkanes of at least 4 members (excludes halogenated alkanes) is 1. The van der Waals surface area contributed by atoms with Gasteiger partial charge in [0.15, 0.2) is 0 Å². The van der Waals surface area contributed by atoms with Gasteiger partial charge in [0.25, 0.3) is 0 Å². The van der Waals surface area contributed by atoms with Crippen molar-refractivity contribution in [2.45, 2.75) is 51.7 Å². The van der Waals surface area contributed by atoms with Gasteiger partial charge in [-0.15, -0.1) is 0 Å². The molecule has 0 spiro atoms. The Morgan fingerprint density at radius 1 is 1.50 bits per heavy atom. The Labute approximate surface area is 109 Å². The van der Waals surface area contributed by atoms with Crippen LogP contribution < -0.4 is 10.1 Å². The maximum Gasteiger partial charge on any atom is 0.123 e. The van der Waals surface area contributed by atoms with Gasteiger partial charge in [0.1, 0.15) is 17.7 Å². The third-order valence-electron chi connectivity index (χ3n) is 3.45. The van der Waals surface area contributed by atoms with E-state index in [4.69, 9.17) is 4.74 Å². The summed E-state index contributed by atoms with van der Waals surface area (Å²) >= 11 is 0. The van der Waals surface area contributed by atoms with Crippen LogP contribution >= 0.6 is 0 Å². The van der Waals surface area contributed by atoms with E-state index in [1.165, 1.54) is 25.3 Å². The minimum atomic E-state index is -0.178. The van der Waals surface area contributed by atoms with E-state index in [1.807, 2.05) is 0 Å². The van der Waals surface area contributed by atoms with Gasteiger partial charge in [-0.1, -0.05) is 19.8 Å². The molecule has 2 rings (SSSR count). The van der Waals surface area contributed by atoms with Crippen LogP contribution in [0.3, 0.4) is 0 Å². The van der Waals surface area contributed by atoms with Crippen LogP contribution in [0.1, 0.15) is 38.7 Å². The SMILES string of the molecule is CCCCC(C)NCC1Cc2cc(F)ccc2O1. The Bertz CT molecular complexity index is 394. The standard InChI is InChI=1S/C15H22FNO/c1-3-4-5-11(2)17-10-14-9-12-8-13(16)6-7-15(12)18-14/h6-8,11,14,17H,3-5,9-10H2,1-2H3. The second-order valence-electron chi connectivity index (χ2n) is 5.15. The molecular formula is C15H22FNO. The third-order valence-corrected chi connectivity index (χ3v) is 3.45. The first-order valence-corrected chi connectivity index (χ1v) is 6.87. The summed E-state index contributed by atoms with van der Waals surface area (Å²) in [6, 6.07) is 5.29. The first-order chi connectivity index (χ1) is 8.69. The summed E-state index contributed by atoms with van der Waals surface area (Å²) in [7, 11) is 0. The first-order valence-electron chi connectivity index (χ1n) is 6.87. The van der Waals surface area contributed by atoms with E-state index < -0.39 is 0 Å². The number of fused-ring (bicyclic) bond motifs is 1. The number of hydrogen-bond donors (Lipinski definition) is 1. The third kappa shape index (κ3) is 3.45. The lowest BCUT2D eigenvalue weighted by molar-refractivity contribution is 0.221. The summed E-state index contributed by atoms with van der Waals surface area (Å²) in [5.41, 5.74) is 0.989. The van der Waals surface area contributed by atoms with Gasteiger partial charge < -0.3 is 10.1 Å². The fraction of sp³-hybridized carbons (Fsp3) is 0.600. The van der Waals surface area contributed by atoms with E-state index in [-0.39, 0.29) is 11.9 Å². The Morgan fingerprint density at radius 3 is 3.11 bits per heavy atom. The van der Waals surface area contributed by atoms with E-state index in [9.17, 15) is 4.39 Å². The molecule has 1 aliphatic heterocycles. The quantitative estimate of drug-likeness (QED) is 0.837. The van der Waals surface area contributed by atoms with Crippen molar-refractivity contribution in [3.8, 4) is 5.75 Å². The molecule has 0 aromatic heterocycles. The highest BCUT2D eigenvalue weighted by Gasteiger charge is 2.23. The average Bonchev–Trinajstić information content (AvgIpc) is 2.75. The minimum absolute atomic E-state index is 0.144. The molecular weight excluding hydrogens is 229 g/mol. The summed E-state index contributed by atoms with van der Waals surface area (Å²) in [5.74, 6) is 0.659. The van der Waals surface area contributed by atoms with Gasteiger partial charge >= 0.3 is 0 Å². The maximum atomic E-state index is 13.1. The average molecular weight is 251 g/mol. The predicted octanol–water partition coefficient (Wildman–Crippen LogP) is 3.30. The molecule has 0 bridgehead atoms. The van der Waals surface area contributed by atoms with Crippen molar-refractivity contribution in [1.29, 1.82) is 0 Å². The van der Waals surface area contributed by atoms with Gasteiger partial charge in [-0.2, -0.15) is 0 Å². The van der Waals surface area contributed by atoms with Crippen molar-refractivity contribution in [2.24, 2.45) is 0 Å². The molecule has 1 aromatic rings. The van der Waals surface area contributed by atoms with Crippen LogP contribution in [0.2, 0.25) is 0 Å². The molecule has 0 aliphatic carbocycles. The van der Waals surface area contributed by atoms with Gasteiger partial charge in [-0.25, -0.2) is 4.39 Å². The molecule has 2 unspecified atom stereocenters. The lowest BCUT2D eigenvalue weighted by atomic mass is 10.1. The van der Waals surface area contributed by atoms with Crippen LogP contribution in [-0.4, -0.2) is 18.7 Å². The summed E-state index contributed by atoms with van der Waals surface area (Å²) in [6.45, 7) is 5.25. The van der Waals surface area contributed by atoms with E-state index in [2.05, 4.69) is 19.2 Å². The second kappa shape index (κ2) is 6.19. The molecule has 2 nitrogen and oxygen atoms in total. The van der Waals surface area contributed by atoms with Gasteiger partial charge in [0, 0.05) is 24.6 Å². The number of benzene rings is 1. The molecule has 0 saturated heterocycles. The van der Waals surface area contributed by atoms with Crippen LogP contribution in [0.5, 0.6) is 5.75 Å². The fourth-order valence-corrected chi connectivity index (χ4v) is 2.35. The molecule has 100 valence electrons. The molecule has 1 aliphatic rings. The van der Waals surface area contributed by atoms with Gasteiger partial charge in [-0.05, 0) is 31.5 Å². The zero-order valence-corrected chi connectivity index (χ0v) is 11.2. The highest BCUT2D eigenvalue weighted by molar-refractivity contribution is 5.37. The summed E-state index contributed by atoms with van der Waals surface area (Å²) in [4.78, 5) is 0. The molecule has 18 heavy (non-hydrogen) atoms. The molecule has 0 amide bonds. The molecule has 0 saturated carbocycles. The topological polar surface area (TPSA) is 21.3 Å². The zero-order chi connectivity index (χ0) is 13.0. The van der Waals surface area contributed by atoms with Crippen molar-refractivity contribution in [1.82, 2.24) is 5.32 Å². The molecule has 2 atom stereocenters. The second-order valence-corrected chi connectivity index (χ2v) is 5.15. The lowest BCUT2D eigenvalue weighted by Gasteiger charge is -2.17. The summed E-state index contributed by atoms with van der Waals surface area (Å²) in [6.07, 6.45) is 4.64. The highest BCUT2D eigenvalue weighted by atomic mass is 19.1. The van der Waals surface area contributed by atoms with Crippen LogP contribution in [0.4, 0.5) is 4.39 Å². The highest BCUT2D eigenvalue weighted by Crippen LogP contribution is 2.28. The Kier molecular flexibility index (Phi) is 4.59. The number of halogens is 1. The zero-order valence-electron chi connectivity index (χ0n) is 11.2. The van der Waals surface area contributed by atoms with Crippen LogP contribution in [0, 0.1) is 5.82 Å². The maximum absolute atomic E-state index is 13.1. The summed E-state index contributed by atoms with van der Waals surface area (Å²) in [5, 5.41) is 3.49. The Balaban J connectivity index is 1.77. The smallest absolute Gasteiger partial charge is 0.123 e. The number of nitrogens with one attached hydrogen (secondary N) is 1. The van der Waals surface area contributed by atoms with Crippen molar-refractivity contribution in [3.63, 3.8) is 0 Å². The van der Waals surface area contributed by atoms with Crippen molar-refractivity contribution in [2.75, 3.05) is 6.54 Å². The Hall–Kier alpha value is -1.09. The van der Waals surface area contributed by atoms with Gasteiger partial charge in [0.05, 0.1) is 0 Å². The van der Waals surface area contributed by atoms with Crippen LogP contribution in [0.15, 0.2) is 18.2 Å². The lowest BCUT2D eigenvalue weighted by Crippen LogP contribution is -2.35. The molecule has 0 fully saturated rings. The molecule has 1 N–H and O–H groups in total. The van der Waals surface area contributed by atoms with E-state index in [1.54, 1.807) is 12.1 Å². The predicted molar refractivity (Wildman–Crippen MR) is 71.5 cm³/mol. The normalized spacial score (nSPS) is 19.4. The first kappa shape index (κ1) is 13.3. The molecule has 3 heteroatoms. The van der Waals surface area contributed by atoms with E-state index >= 15 is 0 Å². The fourth-order valence-electron chi connectivity index (χ4n) is 2.35. The Morgan fingerprint density at radius 2 is 2.33 bits per heavy atom. The molecule has 1 aromatic carbocycles. The number of rotatable bonds is 6. The van der Waals surface area contributed by atoms with E-state index in [0.29, 0.717) is 6.04 Å². The molecule has 1 heterocycles. The monoisotopic (exact) mass is 251 g/mol. The van der Waals surface area contributed by atoms with Crippen LogP contribution in [-0.2, 0) is 6.42 Å². The number of hydrogen-bond acceptors (Lipinski definition) is 2. The minimum Gasteiger partial charge on any atom is -0.488 e. The van der Waals surface area contributed by atoms with Crippen molar-refractivity contribution in [3.05, 3.63) is 29.6 Å². The van der Waals surface area contributed by atoms with Crippen LogP contribution in [0.25, 0.3) is 0 Å². The molecule has 0 radical (unpaired) electrons. The van der Waals surface area contributed by atoms with Gasteiger partial charge in [-0.3, -0.25) is 0 Å². The van der Waals surface area contributed by atoms with Gasteiger partial charge in [0.2, 0.25) is 0 Å². The summed E-state index contributed by atoms with van der Waals surface area (Å²) < 4.78 is 18.9. The van der Waals surface area contributed by atoms with E-state index in [0.717, 1.165) is 24.3 Å². The van der Waals surface area contributed by atoms with Crippen molar-refractivity contribution >= 4 is 0 Å².